The summed E-state index contributed by atoms with van der Waals surface area (Å²) in [4.78, 5) is 29.4. The van der Waals surface area contributed by atoms with Crippen molar-refractivity contribution >= 4 is 38.7 Å². The second-order valence-corrected chi connectivity index (χ2v) is 9.98. The Balaban J connectivity index is 1.57. The predicted molar refractivity (Wildman–Crippen MR) is 111 cm³/mol. The lowest BCUT2D eigenvalue weighted by Gasteiger charge is -2.34. The van der Waals surface area contributed by atoms with Crippen LogP contribution in [0, 0.1) is 0 Å². The van der Waals surface area contributed by atoms with Gasteiger partial charge in [0.15, 0.2) is 0 Å². The summed E-state index contributed by atoms with van der Waals surface area (Å²) in [7, 11) is -2.98. The summed E-state index contributed by atoms with van der Waals surface area (Å²) in [5.41, 5.74) is 1.10. The van der Waals surface area contributed by atoms with Crippen molar-refractivity contribution in [2.75, 3.05) is 50.0 Å². The van der Waals surface area contributed by atoms with E-state index in [9.17, 15) is 18.0 Å². The summed E-state index contributed by atoms with van der Waals surface area (Å²) in [6, 6.07) is 10.5. The van der Waals surface area contributed by atoms with Crippen LogP contribution in [-0.4, -0.2) is 74.8 Å². The van der Waals surface area contributed by atoms with Crippen molar-refractivity contribution in [2.45, 2.75) is 0 Å². The largest absolute Gasteiger partial charge is 0.336 e. The molecule has 0 saturated carbocycles. The third-order valence-corrected chi connectivity index (χ3v) is 6.34. The third kappa shape index (κ3) is 5.63. The Labute approximate surface area is 168 Å². The molecule has 1 N–H and O–H groups in total. The fraction of sp³-hybridized carbons (Fsp3) is 0.368. The maximum Gasteiger partial charge on any atom is 0.265 e. The average Bonchev–Trinajstić information content (AvgIpc) is 3.21. The molecule has 0 atom stereocenters. The molecule has 2 aromatic rings. The zero-order valence-corrected chi connectivity index (χ0v) is 17.3. The summed E-state index contributed by atoms with van der Waals surface area (Å²) >= 11 is 1.36. The minimum absolute atomic E-state index is 0.0880. The molecular formula is C19H23N3O4S2. The Morgan fingerprint density at radius 2 is 1.86 bits per heavy atom. The van der Waals surface area contributed by atoms with Gasteiger partial charge in [-0.05, 0) is 29.6 Å². The van der Waals surface area contributed by atoms with Crippen LogP contribution < -0.4 is 5.32 Å². The number of rotatable bonds is 6. The topological polar surface area (TPSA) is 86.8 Å². The Morgan fingerprint density at radius 1 is 1.11 bits per heavy atom. The van der Waals surface area contributed by atoms with Gasteiger partial charge in [0.2, 0.25) is 0 Å². The van der Waals surface area contributed by atoms with Gasteiger partial charge in [0.1, 0.15) is 9.84 Å². The van der Waals surface area contributed by atoms with Crippen molar-refractivity contribution in [1.29, 1.82) is 0 Å². The molecule has 1 fully saturated rings. The molecule has 0 unspecified atom stereocenters. The molecule has 2 heterocycles. The molecule has 0 spiro atoms. The predicted octanol–water partition coefficient (Wildman–Crippen LogP) is 1.80. The van der Waals surface area contributed by atoms with Gasteiger partial charge < -0.3 is 10.2 Å². The molecule has 9 heteroatoms. The lowest BCUT2D eigenvalue weighted by atomic mass is 10.1. The summed E-state index contributed by atoms with van der Waals surface area (Å²) in [6.07, 6.45) is 1.23. The van der Waals surface area contributed by atoms with Gasteiger partial charge in [-0.1, -0.05) is 12.1 Å². The Morgan fingerprint density at radius 3 is 2.50 bits per heavy atom. The lowest BCUT2D eigenvalue weighted by Crippen LogP contribution is -2.49. The molecule has 0 radical (unpaired) electrons. The number of nitrogens with one attached hydrogen (secondary N) is 1. The van der Waals surface area contributed by atoms with Gasteiger partial charge in [0.25, 0.3) is 11.8 Å². The Kier molecular flexibility index (Phi) is 6.48. The molecule has 1 aliphatic rings. The molecular weight excluding hydrogens is 398 g/mol. The standard InChI is InChI=1S/C19H23N3O4S2/c1-28(25,26)13-11-21-7-9-22(10-8-21)19(24)15-4-2-5-16(14-15)20-18(23)17-6-3-12-27-17/h2-6,12,14H,7-11,13H2,1H3,(H,20,23). The van der Waals surface area contributed by atoms with E-state index in [0.29, 0.717) is 48.9 Å². The number of anilines is 1. The van der Waals surface area contributed by atoms with Crippen LogP contribution in [0.5, 0.6) is 0 Å². The van der Waals surface area contributed by atoms with Crippen LogP contribution >= 0.6 is 11.3 Å². The van der Waals surface area contributed by atoms with E-state index in [1.165, 1.54) is 17.6 Å². The van der Waals surface area contributed by atoms with Gasteiger partial charge in [0.05, 0.1) is 10.6 Å². The van der Waals surface area contributed by atoms with Crippen LogP contribution in [0.2, 0.25) is 0 Å². The molecule has 1 aromatic heterocycles. The number of amides is 2. The van der Waals surface area contributed by atoms with E-state index in [0.717, 1.165) is 0 Å². The van der Waals surface area contributed by atoms with Crippen LogP contribution in [0.25, 0.3) is 0 Å². The Bertz CT molecular complexity index is 934. The van der Waals surface area contributed by atoms with Gasteiger partial charge in [-0.2, -0.15) is 0 Å². The van der Waals surface area contributed by atoms with E-state index in [-0.39, 0.29) is 17.6 Å². The molecule has 2 amide bonds. The number of hydrogen-bond acceptors (Lipinski definition) is 6. The van der Waals surface area contributed by atoms with Gasteiger partial charge in [-0.25, -0.2) is 8.42 Å². The molecule has 7 nitrogen and oxygen atoms in total. The highest BCUT2D eigenvalue weighted by atomic mass is 32.2. The van der Waals surface area contributed by atoms with E-state index in [2.05, 4.69) is 10.2 Å². The minimum Gasteiger partial charge on any atom is -0.336 e. The fourth-order valence-corrected chi connectivity index (χ4v) is 4.19. The number of benzene rings is 1. The SMILES string of the molecule is CS(=O)(=O)CCN1CCN(C(=O)c2cccc(NC(=O)c3cccs3)c2)CC1. The first-order valence-corrected chi connectivity index (χ1v) is 11.9. The lowest BCUT2D eigenvalue weighted by molar-refractivity contribution is 0.0644. The molecule has 1 aliphatic heterocycles. The zero-order valence-electron chi connectivity index (χ0n) is 15.6. The van der Waals surface area contributed by atoms with Gasteiger partial charge in [-0.3, -0.25) is 14.5 Å². The maximum atomic E-state index is 12.8. The van der Waals surface area contributed by atoms with E-state index < -0.39 is 9.84 Å². The quantitative estimate of drug-likeness (QED) is 0.769. The first-order valence-electron chi connectivity index (χ1n) is 8.96. The summed E-state index contributed by atoms with van der Waals surface area (Å²) in [5, 5.41) is 4.65. The van der Waals surface area contributed by atoms with Crippen LogP contribution in [0.15, 0.2) is 41.8 Å². The van der Waals surface area contributed by atoms with Gasteiger partial charge >= 0.3 is 0 Å². The van der Waals surface area contributed by atoms with Crippen molar-refractivity contribution in [3.05, 3.63) is 52.2 Å². The highest BCUT2D eigenvalue weighted by Gasteiger charge is 2.23. The van der Waals surface area contributed by atoms with Gasteiger partial charge in [-0.15, -0.1) is 11.3 Å². The molecule has 28 heavy (non-hydrogen) atoms. The molecule has 1 saturated heterocycles. The minimum atomic E-state index is -2.98. The first kappa shape index (κ1) is 20.5. The second kappa shape index (κ2) is 8.85. The first-order chi connectivity index (χ1) is 13.3. The smallest absolute Gasteiger partial charge is 0.265 e. The van der Waals surface area contributed by atoms with Crippen molar-refractivity contribution in [3.63, 3.8) is 0 Å². The third-order valence-electron chi connectivity index (χ3n) is 4.55. The number of carbonyl (C=O) groups is 2. The van der Waals surface area contributed by atoms with Crippen molar-refractivity contribution in [1.82, 2.24) is 9.80 Å². The fourth-order valence-electron chi connectivity index (χ4n) is 2.98. The monoisotopic (exact) mass is 421 g/mol. The summed E-state index contributed by atoms with van der Waals surface area (Å²) in [5.74, 6) is -0.151. The van der Waals surface area contributed by atoms with Crippen LogP contribution in [0.3, 0.4) is 0 Å². The van der Waals surface area contributed by atoms with E-state index in [1.54, 1.807) is 35.2 Å². The summed E-state index contributed by atoms with van der Waals surface area (Å²) in [6.45, 7) is 2.89. The van der Waals surface area contributed by atoms with E-state index in [4.69, 9.17) is 0 Å². The average molecular weight is 422 g/mol. The number of carbonyl (C=O) groups excluding carboxylic acids is 2. The Hall–Kier alpha value is -2.23. The molecule has 150 valence electrons. The molecule has 0 aliphatic carbocycles. The molecule has 3 rings (SSSR count). The maximum absolute atomic E-state index is 12.8. The van der Waals surface area contributed by atoms with Crippen LogP contribution in [-0.2, 0) is 9.84 Å². The highest BCUT2D eigenvalue weighted by Crippen LogP contribution is 2.17. The van der Waals surface area contributed by atoms with Crippen molar-refractivity contribution < 1.29 is 18.0 Å². The second-order valence-electron chi connectivity index (χ2n) is 6.78. The normalized spacial score (nSPS) is 15.4. The zero-order chi connectivity index (χ0) is 20.1. The molecule has 1 aromatic carbocycles. The van der Waals surface area contributed by atoms with E-state index in [1.807, 2.05) is 11.4 Å². The van der Waals surface area contributed by atoms with Crippen LogP contribution in [0.1, 0.15) is 20.0 Å². The molecule has 0 bridgehead atoms. The van der Waals surface area contributed by atoms with Gasteiger partial charge in [0, 0.05) is 50.2 Å². The number of hydrogen-bond donors (Lipinski definition) is 1. The number of piperazine rings is 1. The highest BCUT2D eigenvalue weighted by molar-refractivity contribution is 7.90. The van der Waals surface area contributed by atoms with Crippen LogP contribution in [0.4, 0.5) is 5.69 Å². The number of thiophene rings is 1. The van der Waals surface area contributed by atoms with Crippen molar-refractivity contribution in [3.8, 4) is 0 Å². The van der Waals surface area contributed by atoms with Crippen molar-refractivity contribution in [2.24, 2.45) is 0 Å². The number of sulfone groups is 1. The van der Waals surface area contributed by atoms with E-state index >= 15 is 0 Å². The summed E-state index contributed by atoms with van der Waals surface area (Å²) < 4.78 is 22.6. The number of nitrogens with zero attached hydrogens (tertiary/aromatic N) is 2.